The van der Waals surface area contributed by atoms with E-state index in [1.165, 1.54) is 17.9 Å². The van der Waals surface area contributed by atoms with Crippen LogP contribution in [0, 0.1) is 5.82 Å². The Morgan fingerprint density at radius 1 is 1.32 bits per heavy atom. The van der Waals surface area contributed by atoms with Gasteiger partial charge >= 0.3 is 0 Å². The largest absolute Gasteiger partial charge is 0.350 e. The van der Waals surface area contributed by atoms with Crippen molar-refractivity contribution in [3.63, 3.8) is 0 Å². The minimum absolute atomic E-state index is 0.0115. The lowest BCUT2D eigenvalue weighted by molar-refractivity contribution is -0.134. The Bertz CT molecular complexity index is 449. The SMILES string of the molecule is CCCN(CC(=O)NCc1ccccc1F)C(C)=O. The molecule has 104 valence electrons. The highest BCUT2D eigenvalue weighted by atomic mass is 19.1. The van der Waals surface area contributed by atoms with E-state index in [0.29, 0.717) is 12.1 Å². The van der Waals surface area contributed by atoms with Crippen molar-refractivity contribution in [2.45, 2.75) is 26.8 Å². The van der Waals surface area contributed by atoms with Gasteiger partial charge in [-0.1, -0.05) is 25.1 Å². The second kappa shape index (κ2) is 7.51. The van der Waals surface area contributed by atoms with Crippen molar-refractivity contribution < 1.29 is 14.0 Å². The molecule has 0 aliphatic heterocycles. The molecule has 0 heterocycles. The highest BCUT2D eigenvalue weighted by Gasteiger charge is 2.12. The molecule has 19 heavy (non-hydrogen) atoms. The first-order valence-corrected chi connectivity index (χ1v) is 6.30. The van der Waals surface area contributed by atoms with E-state index in [9.17, 15) is 14.0 Å². The number of hydrogen-bond donors (Lipinski definition) is 1. The molecule has 0 unspecified atom stereocenters. The van der Waals surface area contributed by atoms with Gasteiger partial charge in [-0.05, 0) is 12.5 Å². The molecule has 1 rings (SSSR count). The van der Waals surface area contributed by atoms with E-state index in [1.807, 2.05) is 6.92 Å². The molecule has 0 atom stereocenters. The van der Waals surface area contributed by atoms with Gasteiger partial charge in [0.15, 0.2) is 0 Å². The fraction of sp³-hybridized carbons (Fsp3) is 0.429. The van der Waals surface area contributed by atoms with Crippen molar-refractivity contribution in [1.29, 1.82) is 0 Å². The number of benzene rings is 1. The van der Waals surface area contributed by atoms with E-state index < -0.39 is 0 Å². The lowest BCUT2D eigenvalue weighted by Crippen LogP contribution is -2.39. The third-order valence-corrected chi connectivity index (χ3v) is 2.71. The number of amides is 2. The first-order valence-electron chi connectivity index (χ1n) is 6.30. The number of carbonyl (C=O) groups excluding carboxylic acids is 2. The molecule has 1 aromatic carbocycles. The Labute approximate surface area is 112 Å². The van der Waals surface area contributed by atoms with Crippen LogP contribution < -0.4 is 5.32 Å². The van der Waals surface area contributed by atoms with Gasteiger partial charge < -0.3 is 10.2 Å². The van der Waals surface area contributed by atoms with E-state index in [2.05, 4.69) is 5.32 Å². The van der Waals surface area contributed by atoms with Gasteiger partial charge in [-0.3, -0.25) is 9.59 Å². The van der Waals surface area contributed by atoms with E-state index in [1.54, 1.807) is 18.2 Å². The maximum atomic E-state index is 13.3. The fourth-order valence-corrected chi connectivity index (χ4v) is 1.68. The van der Waals surface area contributed by atoms with Crippen LogP contribution in [0.5, 0.6) is 0 Å². The highest BCUT2D eigenvalue weighted by molar-refractivity contribution is 5.83. The van der Waals surface area contributed by atoms with Crippen LogP contribution in [0.4, 0.5) is 4.39 Å². The Hall–Kier alpha value is -1.91. The van der Waals surface area contributed by atoms with Gasteiger partial charge in [-0.15, -0.1) is 0 Å². The number of rotatable bonds is 6. The predicted molar refractivity (Wildman–Crippen MR) is 70.8 cm³/mol. The van der Waals surface area contributed by atoms with Crippen LogP contribution in [0.3, 0.4) is 0 Å². The smallest absolute Gasteiger partial charge is 0.239 e. The van der Waals surface area contributed by atoms with E-state index in [4.69, 9.17) is 0 Å². The van der Waals surface area contributed by atoms with Gasteiger partial charge in [0.25, 0.3) is 0 Å². The minimum atomic E-state index is -0.347. The third-order valence-electron chi connectivity index (χ3n) is 2.71. The van der Waals surface area contributed by atoms with Crippen LogP contribution in [-0.4, -0.2) is 29.8 Å². The molecule has 1 N–H and O–H groups in total. The number of hydrogen-bond acceptors (Lipinski definition) is 2. The summed E-state index contributed by atoms with van der Waals surface area (Å²) in [7, 11) is 0. The Kier molecular flexibility index (Phi) is 5.99. The molecular formula is C14H19FN2O2. The molecule has 0 bridgehead atoms. The molecule has 0 saturated heterocycles. The second-order valence-electron chi connectivity index (χ2n) is 4.31. The summed E-state index contributed by atoms with van der Waals surface area (Å²) in [6.07, 6.45) is 0.792. The summed E-state index contributed by atoms with van der Waals surface area (Å²) < 4.78 is 13.3. The molecule has 0 aliphatic rings. The number of nitrogens with zero attached hydrogens (tertiary/aromatic N) is 1. The summed E-state index contributed by atoms with van der Waals surface area (Å²) in [5.74, 6) is -0.769. The normalized spacial score (nSPS) is 10.1. The van der Waals surface area contributed by atoms with Gasteiger partial charge in [0, 0.05) is 25.6 Å². The summed E-state index contributed by atoms with van der Waals surface area (Å²) in [5.41, 5.74) is 0.431. The van der Waals surface area contributed by atoms with Crippen LogP contribution in [0.15, 0.2) is 24.3 Å². The maximum Gasteiger partial charge on any atom is 0.239 e. The van der Waals surface area contributed by atoms with Crippen LogP contribution in [0.25, 0.3) is 0 Å². The molecule has 0 saturated carbocycles. The summed E-state index contributed by atoms with van der Waals surface area (Å²) in [6.45, 7) is 4.05. The highest BCUT2D eigenvalue weighted by Crippen LogP contribution is 2.05. The maximum absolute atomic E-state index is 13.3. The van der Waals surface area contributed by atoms with Crippen LogP contribution in [-0.2, 0) is 16.1 Å². The molecule has 1 aromatic rings. The molecule has 0 aromatic heterocycles. The molecule has 5 heteroatoms. The molecule has 0 fully saturated rings. The molecule has 0 radical (unpaired) electrons. The van der Waals surface area contributed by atoms with E-state index in [-0.39, 0.29) is 30.7 Å². The molecule has 4 nitrogen and oxygen atoms in total. The number of halogens is 1. The topological polar surface area (TPSA) is 49.4 Å². The summed E-state index contributed by atoms with van der Waals surface area (Å²) in [6, 6.07) is 6.27. The molecule has 0 aliphatic carbocycles. The third kappa shape index (κ3) is 5.07. The first-order chi connectivity index (χ1) is 9.04. The molecule has 2 amide bonds. The quantitative estimate of drug-likeness (QED) is 0.852. The van der Waals surface area contributed by atoms with Gasteiger partial charge in [0.2, 0.25) is 11.8 Å². The van der Waals surface area contributed by atoms with Crippen molar-refractivity contribution in [1.82, 2.24) is 10.2 Å². The predicted octanol–water partition coefficient (Wildman–Crippen LogP) is 1.70. The van der Waals surface area contributed by atoms with Gasteiger partial charge in [0.05, 0.1) is 6.54 Å². The first kappa shape index (κ1) is 15.1. The number of carbonyl (C=O) groups is 2. The lowest BCUT2D eigenvalue weighted by atomic mass is 10.2. The summed E-state index contributed by atoms with van der Waals surface area (Å²) >= 11 is 0. The zero-order valence-corrected chi connectivity index (χ0v) is 11.3. The van der Waals surface area contributed by atoms with Crippen molar-refractivity contribution >= 4 is 11.8 Å². The van der Waals surface area contributed by atoms with Crippen LogP contribution in [0.2, 0.25) is 0 Å². The van der Waals surface area contributed by atoms with E-state index >= 15 is 0 Å². The van der Waals surface area contributed by atoms with Crippen LogP contribution in [0.1, 0.15) is 25.8 Å². The van der Waals surface area contributed by atoms with E-state index in [0.717, 1.165) is 6.42 Å². The average Bonchev–Trinajstić information content (AvgIpc) is 2.37. The molecule has 0 spiro atoms. The van der Waals surface area contributed by atoms with Crippen LogP contribution >= 0.6 is 0 Å². The standard InChI is InChI=1S/C14H19FN2O2/c1-3-8-17(11(2)18)10-14(19)16-9-12-6-4-5-7-13(12)15/h4-7H,3,8-10H2,1-2H3,(H,16,19). The summed E-state index contributed by atoms with van der Waals surface area (Å²) in [5, 5.41) is 2.61. The Morgan fingerprint density at radius 3 is 2.58 bits per heavy atom. The summed E-state index contributed by atoms with van der Waals surface area (Å²) in [4.78, 5) is 24.4. The Morgan fingerprint density at radius 2 is 2.00 bits per heavy atom. The monoisotopic (exact) mass is 266 g/mol. The minimum Gasteiger partial charge on any atom is -0.350 e. The zero-order valence-electron chi connectivity index (χ0n) is 11.3. The zero-order chi connectivity index (χ0) is 14.3. The lowest BCUT2D eigenvalue weighted by Gasteiger charge is -2.19. The van der Waals surface area contributed by atoms with Gasteiger partial charge in [0.1, 0.15) is 5.82 Å². The van der Waals surface area contributed by atoms with Gasteiger partial charge in [-0.2, -0.15) is 0 Å². The fourth-order valence-electron chi connectivity index (χ4n) is 1.68. The number of nitrogens with one attached hydrogen (secondary N) is 1. The van der Waals surface area contributed by atoms with Crippen molar-refractivity contribution in [2.75, 3.05) is 13.1 Å². The Balaban J connectivity index is 2.47. The second-order valence-corrected chi connectivity index (χ2v) is 4.31. The van der Waals surface area contributed by atoms with Gasteiger partial charge in [-0.25, -0.2) is 4.39 Å². The molecular weight excluding hydrogens is 247 g/mol. The van der Waals surface area contributed by atoms with Crippen molar-refractivity contribution in [2.24, 2.45) is 0 Å². The van der Waals surface area contributed by atoms with Crippen molar-refractivity contribution in [3.8, 4) is 0 Å². The van der Waals surface area contributed by atoms with Crippen molar-refractivity contribution in [3.05, 3.63) is 35.6 Å². The average molecular weight is 266 g/mol.